The maximum Gasteiger partial charge on any atom is 0.421 e. The highest BCUT2D eigenvalue weighted by Gasteiger charge is 2.51. The van der Waals surface area contributed by atoms with E-state index in [-0.39, 0.29) is 35.7 Å². The van der Waals surface area contributed by atoms with E-state index in [1.165, 1.54) is 12.1 Å². The lowest BCUT2D eigenvalue weighted by Gasteiger charge is -2.44. The van der Waals surface area contributed by atoms with Crippen LogP contribution in [0.1, 0.15) is 66.9 Å². The molecule has 7 nitrogen and oxygen atoms in total. The van der Waals surface area contributed by atoms with Gasteiger partial charge in [0.1, 0.15) is 0 Å². The second-order valence-corrected chi connectivity index (χ2v) is 11.5. The molecule has 2 fully saturated rings. The Balaban J connectivity index is 1.52. The molecule has 0 unspecified atom stereocenters. The fourth-order valence-corrected chi connectivity index (χ4v) is 5.71. The molecule has 3 N–H and O–H groups in total. The zero-order chi connectivity index (χ0) is 27.1. The van der Waals surface area contributed by atoms with E-state index in [0.29, 0.717) is 32.6 Å². The van der Waals surface area contributed by atoms with Crippen molar-refractivity contribution in [2.24, 2.45) is 0 Å². The van der Waals surface area contributed by atoms with Gasteiger partial charge in [-0.25, -0.2) is 0 Å². The maximum absolute atomic E-state index is 13.5. The number of aliphatic hydroxyl groups is 1. The zero-order valence-electron chi connectivity index (χ0n) is 20.4. The Hall–Kier alpha value is -2.47. The third-order valence-electron chi connectivity index (χ3n) is 7.71. The molecule has 1 amide bonds. The van der Waals surface area contributed by atoms with Crippen LogP contribution in [0.25, 0.3) is 0 Å². The lowest BCUT2D eigenvalue weighted by molar-refractivity contribution is -0.258. The molecular formula is C26H31F3N2O5S. The van der Waals surface area contributed by atoms with Crippen LogP contribution in [0.3, 0.4) is 0 Å². The van der Waals surface area contributed by atoms with Crippen LogP contribution in [0.2, 0.25) is 0 Å². The average Bonchev–Trinajstić information content (AvgIpc) is 3.68. The number of nitrogens with zero attached hydrogens (tertiary/aromatic N) is 1. The van der Waals surface area contributed by atoms with Crippen LogP contribution in [-0.4, -0.2) is 53.7 Å². The number of hydrogen-bond acceptors (Lipinski definition) is 4. The Bertz CT molecular complexity index is 1210. The summed E-state index contributed by atoms with van der Waals surface area (Å²) < 4.78 is 73.9. The van der Waals surface area contributed by atoms with Crippen LogP contribution in [-0.2, 0) is 21.3 Å². The molecule has 202 valence electrons. The molecule has 1 atom stereocenters. The molecule has 2 aliphatic rings. The third kappa shape index (κ3) is 6.00. The summed E-state index contributed by atoms with van der Waals surface area (Å²) in [6, 6.07) is 14.3. The number of nitrogens with one attached hydrogen (secondary N) is 1. The summed E-state index contributed by atoms with van der Waals surface area (Å²) in [6.45, 7) is 0.707. The van der Waals surface area contributed by atoms with Gasteiger partial charge < -0.3 is 10.0 Å². The topological polar surface area (TPSA) is 107 Å². The fraction of sp³-hybridized carbons (Fsp3) is 0.500. The van der Waals surface area contributed by atoms with E-state index in [4.69, 9.17) is 0 Å². The average molecular weight is 541 g/mol. The first-order chi connectivity index (χ1) is 17.2. The van der Waals surface area contributed by atoms with Gasteiger partial charge >= 0.3 is 16.5 Å². The Morgan fingerprint density at radius 1 is 1.00 bits per heavy atom. The first-order valence-electron chi connectivity index (χ1n) is 12.2. The summed E-state index contributed by atoms with van der Waals surface area (Å²) in [4.78, 5) is 15.3. The van der Waals surface area contributed by atoms with Gasteiger partial charge in [-0.2, -0.15) is 26.3 Å². The van der Waals surface area contributed by atoms with Gasteiger partial charge in [0, 0.05) is 29.6 Å². The second-order valence-electron chi connectivity index (χ2n) is 10.3. The molecule has 4 rings (SSSR count). The highest BCUT2D eigenvalue weighted by atomic mass is 32.2. The van der Waals surface area contributed by atoms with Gasteiger partial charge in [0.2, 0.25) is 0 Å². The lowest BCUT2D eigenvalue weighted by Crippen LogP contribution is -2.49. The highest BCUT2D eigenvalue weighted by molar-refractivity contribution is 7.83. The number of hydrogen-bond donors (Lipinski definition) is 3. The van der Waals surface area contributed by atoms with Gasteiger partial charge in [-0.3, -0.25) is 9.35 Å². The molecular weight excluding hydrogens is 509 g/mol. The largest absolute Gasteiger partial charge is 0.421 e. The van der Waals surface area contributed by atoms with Gasteiger partial charge in [-0.15, -0.1) is 0 Å². The summed E-state index contributed by atoms with van der Waals surface area (Å²) in [6.07, 6.45) is -0.802. The standard InChI is InChI=1S/C26H31F3N2O5S/c1-24(33,26(27,28)29)19-9-7-18(8-10-19)23(32)31(21-11-12-21)22-13-15-25(16-14-22,17-30-37(34,35)36)20-5-3-2-4-6-20/h2-10,21-22,30,33H,11-17H2,1H3,(H,34,35,36)/t22?,24-,25?/m0/s1. The van der Waals surface area contributed by atoms with E-state index in [0.717, 1.165) is 30.5 Å². The van der Waals surface area contributed by atoms with Gasteiger partial charge in [-0.05, 0) is 68.7 Å². The lowest BCUT2D eigenvalue weighted by atomic mass is 9.68. The molecule has 2 aromatic rings. The van der Waals surface area contributed by atoms with Crippen LogP contribution in [0.15, 0.2) is 54.6 Å². The van der Waals surface area contributed by atoms with Gasteiger partial charge in [0.15, 0.2) is 5.60 Å². The maximum atomic E-state index is 13.5. The molecule has 2 aliphatic carbocycles. The minimum absolute atomic E-state index is 0.0283. The molecule has 2 saturated carbocycles. The van der Waals surface area contributed by atoms with Crippen molar-refractivity contribution in [3.05, 3.63) is 71.3 Å². The van der Waals surface area contributed by atoms with Crippen molar-refractivity contribution in [3.63, 3.8) is 0 Å². The van der Waals surface area contributed by atoms with Gasteiger partial charge in [-0.1, -0.05) is 42.5 Å². The Labute approximate surface area is 214 Å². The van der Waals surface area contributed by atoms with Gasteiger partial charge in [0.25, 0.3) is 5.91 Å². The first-order valence-corrected chi connectivity index (χ1v) is 13.7. The van der Waals surface area contributed by atoms with Crippen molar-refractivity contribution in [2.45, 2.75) is 74.7 Å². The summed E-state index contributed by atoms with van der Waals surface area (Å²) in [5.74, 6) is -0.269. The zero-order valence-corrected chi connectivity index (χ0v) is 21.2. The number of amides is 1. The number of benzene rings is 2. The minimum Gasteiger partial charge on any atom is -0.376 e. The van der Waals surface area contributed by atoms with Crippen molar-refractivity contribution in [1.29, 1.82) is 0 Å². The van der Waals surface area contributed by atoms with Crippen LogP contribution >= 0.6 is 0 Å². The molecule has 0 saturated heterocycles. The number of alkyl halides is 3. The Kier molecular flexibility index (Phi) is 7.46. The quantitative estimate of drug-likeness (QED) is 0.432. The Morgan fingerprint density at radius 2 is 1.54 bits per heavy atom. The fourth-order valence-electron chi connectivity index (χ4n) is 5.25. The number of halogens is 3. The Morgan fingerprint density at radius 3 is 2.03 bits per heavy atom. The minimum atomic E-state index is -4.85. The number of rotatable bonds is 8. The SMILES string of the molecule is C[C@](O)(c1ccc(C(=O)N(C2CC2)C2CCC(CNS(=O)(=O)O)(c3ccccc3)CC2)cc1)C(F)(F)F. The second kappa shape index (κ2) is 10.0. The smallest absolute Gasteiger partial charge is 0.376 e. The summed E-state index contributed by atoms with van der Waals surface area (Å²) in [5, 5.41) is 9.92. The molecule has 0 aliphatic heterocycles. The van der Waals surface area contributed by atoms with E-state index < -0.39 is 27.5 Å². The molecule has 0 heterocycles. The van der Waals surface area contributed by atoms with Crippen LogP contribution in [0, 0.1) is 0 Å². The van der Waals surface area contributed by atoms with Crippen molar-refractivity contribution in [3.8, 4) is 0 Å². The molecule has 0 aromatic heterocycles. The number of carbonyl (C=O) groups excluding carboxylic acids is 1. The molecule has 2 aromatic carbocycles. The molecule has 37 heavy (non-hydrogen) atoms. The van der Waals surface area contributed by atoms with Crippen LogP contribution < -0.4 is 4.72 Å². The molecule has 0 bridgehead atoms. The monoisotopic (exact) mass is 540 g/mol. The number of carbonyl (C=O) groups is 1. The van der Waals surface area contributed by atoms with Crippen LogP contribution in [0.5, 0.6) is 0 Å². The van der Waals surface area contributed by atoms with Crippen molar-refractivity contribution < 1.29 is 36.0 Å². The predicted molar refractivity (Wildman–Crippen MR) is 131 cm³/mol. The summed E-state index contributed by atoms with van der Waals surface area (Å²) in [5.41, 5.74) is -2.71. The molecule has 11 heteroatoms. The van der Waals surface area contributed by atoms with Crippen molar-refractivity contribution >= 4 is 16.2 Å². The van der Waals surface area contributed by atoms with Crippen LogP contribution in [0.4, 0.5) is 13.2 Å². The third-order valence-corrected chi connectivity index (χ3v) is 8.21. The summed E-state index contributed by atoms with van der Waals surface area (Å²) in [7, 11) is -4.38. The normalized spacial score (nSPS) is 24.3. The van der Waals surface area contributed by atoms with Crippen molar-refractivity contribution in [2.75, 3.05) is 6.54 Å². The van der Waals surface area contributed by atoms with E-state index in [1.807, 2.05) is 35.2 Å². The van der Waals surface area contributed by atoms with E-state index in [1.54, 1.807) is 0 Å². The van der Waals surface area contributed by atoms with Gasteiger partial charge in [0.05, 0.1) is 0 Å². The van der Waals surface area contributed by atoms with E-state index in [9.17, 15) is 36.0 Å². The highest BCUT2D eigenvalue weighted by Crippen LogP contribution is 2.43. The van der Waals surface area contributed by atoms with Crippen molar-refractivity contribution in [1.82, 2.24) is 9.62 Å². The predicted octanol–water partition coefficient (Wildman–Crippen LogP) is 4.33. The summed E-state index contributed by atoms with van der Waals surface area (Å²) >= 11 is 0. The molecule has 0 spiro atoms. The molecule has 0 radical (unpaired) electrons. The van der Waals surface area contributed by atoms with E-state index >= 15 is 0 Å². The van der Waals surface area contributed by atoms with E-state index in [2.05, 4.69) is 4.72 Å². The first kappa shape index (κ1) is 27.6.